The summed E-state index contributed by atoms with van der Waals surface area (Å²) in [5, 5.41) is 12.8. The Kier molecular flexibility index (Phi) is 4.89. The smallest absolute Gasteiger partial charge is 0.172 e. The maximum atomic E-state index is 9.68. The summed E-state index contributed by atoms with van der Waals surface area (Å²) < 4.78 is 0. The zero-order valence-corrected chi connectivity index (χ0v) is 16.0. The Morgan fingerprint density at radius 1 is 1.19 bits per heavy atom. The third-order valence-electron chi connectivity index (χ3n) is 4.83. The van der Waals surface area contributed by atoms with Crippen LogP contribution in [0.5, 0.6) is 0 Å². The quantitative estimate of drug-likeness (QED) is 0.766. The minimum absolute atomic E-state index is 0.293. The van der Waals surface area contributed by atoms with Crippen molar-refractivity contribution in [3.05, 3.63) is 41.8 Å². The van der Waals surface area contributed by atoms with E-state index in [4.69, 9.17) is 9.97 Å². The predicted molar refractivity (Wildman–Crippen MR) is 108 cm³/mol. The Morgan fingerprint density at radius 3 is 2.77 bits per heavy atom. The van der Waals surface area contributed by atoms with Crippen LogP contribution in [0.2, 0.25) is 0 Å². The van der Waals surface area contributed by atoms with Gasteiger partial charge in [0, 0.05) is 37.6 Å². The van der Waals surface area contributed by atoms with Gasteiger partial charge in [0.15, 0.2) is 5.82 Å². The number of anilines is 1. The second kappa shape index (κ2) is 7.31. The predicted octanol–water partition coefficient (Wildman–Crippen LogP) is 3.25. The lowest BCUT2D eigenvalue weighted by atomic mass is 10.1. The molecule has 5 nitrogen and oxygen atoms in total. The molecule has 1 N–H and O–H groups in total. The van der Waals surface area contributed by atoms with Crippen molar-refractivity contribution in [2.75, 3.05) is 31.1 Å². The van der Waals surface area contributed by atoms with Gasteiger partial charge in [-0.25, -0.2) is 9.97 Å². The van der Waals surface area contributed by atoms with Crippen LogP contribution in [-0.2, 0) is 0 Å². The lowest BCUT2D eigenvalue weighted by molar-refractivity contribution is 0.114. The highest BCUT2D eigenvalue weighted by Gasteiger charge is 2.27. The van der Waals surface area contributed by atoms with E-state index in [0.717, 1.165) is 53.6 Å². The molecule has 2 aromatic heterocycles. The Balaban J connectivity index is 1.71. The van der Waals surface area contributed by atoms with Crippen LogP contribution in [0.25, 0.3) is 21.6 Å². The topological polar surface area (TPSA) is 52.5 Å². The summed E-state index contributed by atoms with van der Waals surface area (Å²) in [5.41, 5.74) is 0.986. The molecule has 0 spiro atoms. The molecule has 0 aliphatic carbocycles. The molecule has 0 bridgehead atoms. The van der Waals surface area contributed by atoms with Gasteiger partial charge in [0.2, 0.25) is 0 Å². The SMILES string of the molecule is CC(O)CN1CCN(c2nc(-c3cccs3)nc3ccccc23)C(C)C1. The summed E-state index contributed by atoms with van der Waals surface area (Å²) in [6.07, 6.45) is -0.293. The summed E-state index contributed by atoms with van der Waals surface area (Å²) in [5.74, 6) is 1.82. The van der Waals surface area contributed by atoms with Crippen molar-refractivity contribution in [1.82, 2.24) is 14.9 Å². The van der Waals surface area contributed by atoms with Gasteiger partial charge >= 0.3 is 0 Å². The molecule has 1 fully saturated rings. The van der Waals surface area contributed by atoms with Gasteiger partial charge in [0.25, 0.3) is 0 Å². The zero-order valence-electron chi connectivity index (χ0n) is 15.2. The molecule has 1 aliphatic heterocycles. The second-order valence-electron chi connectivity index (χ2n) is 7.02. The largest absolute Gasteiger partial charge is 0.392 e. The number of aliphatic hydroxyl groups excluding tert-OH is 1. The lowest BCUT2D eigenvalue weighted by Crippen LogP contribution is -2.53. The molecule has 1 saturated heterocycles. The van der Waals surface area contributed by atoms with E-state index in [2.05, 4.69) is 40.3 Å². The van der Waals surface area contributed by atoms with Crippen LogP contribution in [-0.4, -0.2) is 58.3 Å². The molecule has 0 saturated carbocycles. The van der Waals surface area contributed by atoms with Crippen molar-refractivity contribution in [3.8, 4) is 10.7 Å². The van der Waals surface area contributed by atoms with Crippen LogP contribution in [0.1, 0.15) is 13.8 Å². The molecule has 6 heteroatoms. The number of β-amino-alcohol motifs (C(OH)–C–C–N with tert-alkyl or cyclic N) is 1. The maximum absolute atomic E-state index is 9.68. The molecular formula is C20H24N4OS. The van der Waals surface area contributed by atoms with E-state index >= 15 is 0 Å². The number of hydrogen-bond donors (Lipinski definition) is 1. The van der Waals surface area contributed by atoms with Crippen molar-refractivity contribution in [2.24, 2.45) is 0 Å². The summed E-state index contributed by atoms with van der Waals surface area (Å²) in [7, 11) is 0. The van der Waals surface area contributed by atoms with Gasteiger partial charge < -0.3 is 10.0 Å². The second-order valence-corrected chi connectivity index (χ2v) is 7.96. The van der Waals surface area contributed by atoms with Gasteiger partial charge in [0.05, 0.1) is 16.5 Å². The van der Waals surface area contributed by atoms with Gasteiger partial charge in [-0.2, -0.15) is 0 Å². The van der Waals surface area contributed by atoms with Gasteiger partial charge in [-0.3, -0.25) is 4.90 Å². The van der Waals surface area contributed by atoms with Crippen LogP contribution < -0.4 is 4.90 Å². The highest BCUT2D eigenvalue weighted by Crippen LogP contribution is 2.31. The molecule has 1 aromatic carbocycles. The number of rotatable bonds is 4. The fourth-order valence-corrected chi connectivity index (χ4v) is 4.34. The molecule has 2 atom stereocenters. The first kappa shape index (κ1) is 17.4. The summed E-state index contributed by atoms with van der Waals surface area (Å²) >= 11 is 1.67. The standard InChI is InChI=1S/C20H24N4OS/c1-14-12-23(13-15(2)25)9-10-24(14)20-16-6-3-4-7-17(16)21-19(22-20)18-8-5-11-26-18/h3-8,11,14-15,25H,9-10,12-13H2,1-2H3. The molecule has 136 valence electrons. The molecule has 2 unspecified atom stereocenters. The van der Waals surface area contributed by atoms with E-state index < -0.39 is 0 Å². The van der Waals surface area contributed by atoms with Crippen molar-refractivity contribution in [1.29, 1.82) is 0 Å². The number of para-hydroxylation sites is 1. The number of fused-ring (bicyclic) bond motifs is 1. The molecular weight excluding hydrogens is 344 g/mol. The third kappa shape index (κ3) is 3.45. The van der Waals surface area contributed by atoms with Crippen LogP contribution in [0.3, 0.4) is 0 Å². The summed E-state index contributed by atoms with van der Waals surface area (Å²) in [6.45, 7) is 7.57. The molecule has 3 aromatic rings. The monoisotopic (exact) mass is 368 g/mol. The number of thiophene rings is 1. The minimum Gasteiger partial charge on any atom is -0.392 e. The first-order valence-electron chi connectivity index (χ1n) is 9.09. The van der Waals surface area contributed by atoms with Gasteiger partial charge in [-0.1, -0.05) is 18.2 Å². The van der Waals surface area contributed by atoms with E-state index in [9.17, 15) is 5.11 Å². The summed E-state index contributed by atoms with van der Waals surface area (Å²) in [6, 6.07) is 12.7. The number of hydrogen-bond acceptors (Lipinski definition) is 6. The first-order valence-corrected chi connectivity index (χ1v) is 9.97. The Hall–Kier alpha value is -2.02. The van der Waals surface area contributed by atoms with Crippen LogP contribution in [0.15, 0.2) is 41.8 Å². The average molecular weight is 369 g/mol. The van der Waals surface area contributed by atoms with Crippen LogP contribution in [0, 0.1) is 0 Å². The maximum Gasteiger partial charge on any atom is 0.172 e. The van der Waals surface area contributed by atoms with E-state index in [1.165, 1.54) is 0 Å². The van der Waals surface area contributed by atoms with Gasteiger partial charge in [0.1, 0.15) is 5.82 Å². The Morgan fingerprint density at radius 2 is 2.04 bits per heavy atom. The lowest BCUT2D eigenvalue weighted by Gasteiger charge is -2.41. The van der Waals surface area contributed by atoms with Crippen LogP contribution in [0.4, 0.5) is 5.82 Å². The number of benzene rings is 1. The van der Waals surface area contributed by atoms with E-state index in [-0.39, 0.29) is 6.10 Å². The first-order chi connectivity index (χ1) is 12.6. The van der Waals surface area contributed by atoms with Gasteiger partial charge in [-0.05, 0) is 37.4 Å². The Bertz CT molecular complexity index is 881. The molecule has 4 rings (SSSR count). The Labute approximate surface area is 157 Å². The fourth-order valence-electron chi connectivity index (χ4n) is 3.68. The molecule has 3 heterocycles. The highest BCUT2D eigenvalue weighted by atomic mass is 32.1. The van der Waals surface area contributed by atoms with Crippen molar-refractivity contribution in [2.45, 2.75) is 26.0 Å². The van der Waals surface area contributed by atoms with E-state index in [1.54, 1.807) is 11.3 Å². The molecule has 0 amide bonds. The highest BCUT2D eigenvalue weighted by molar-refractivity contribution is 7.13. The van der Waals surface area contributed by atoms with Crippen molar-refractivity contribution >= 4 is 28.1 Å². The molecule has 0 radical (unpaired) electrons. The van der Waals surface area contributed by atoms with Gasteiger partial charge in [-0.15, -0.1) is 11.3 Å². The third-order valence-corrected chi connectivity index (χ3v) is 5.70. The van der Waals surface area contributed by atoms with Crippen molar-refractivity contribution < 1.29 is 5.11 Å². The number of aromatic nitrogens is 2. The number of aliphatic hydroxyl groups is 1. The summed E-state index contributed by atoms with van der Waals surface area (Å²) in [4.78, 5) is 15.6. The fraction of sp³-hybridized carbons (Fsp3) is 0.400. The molecule has 1 aliphatic rings. The van der Waals surface area contributed by atoms with E-state index in [0.29, 0.717) is 6.04 Å². The normalized spacial score (nSPS) is 19.8. The number of nitrogens with zero attached hydrogens (tertiary/aromatic N) is 4. The van der Waals surface area contributed by atoms with Crippen LogP contribution >= 0.6 is 11.3 Å². The average Bonchev–Trinajstić information content (AvgIpc) is 3.15. The minimum atomic E-state index is -0.293. The number of piperazine rings is 1. The van der Waals surface area contributed by atoms with Crippen molar-refractivity contribution in [3.63, 3.8) is 0 Å². The van der Waals surface area contributed by atoms with E-state index in [1.807, 2.05) is 25.1 Å². The molecule has 26 heavy (non-hydrogen) atoms. The zero-order chi connectivity index (χ0) is 18.1.